The molecule has 0 spiro atoms. The number of hydrogen-bond donors (Lipinski definition) is 3. The second-order valence-electron chi connectivity index (χ2n) is 5.10. The molecular weight excluding hydrogens is 240 g/mol. The van der Waals surface area contributed by atoms with Gasteiger partial charge in [-0.1, -0.05) is 26.2 Å². The Hall–Kier alpha value is -0.320. The van der Waals surface area contributed by atoms with E-state index in [4.69, 9.17) is 5.73 Å². The fraction of sp³-hybridized carbons (Fsp3) is 0.917. The molecule has 0 aliphatic heterocycles. The van der Waals surface area contributed by atoms with Crippen LogP contribution in [0.15, 0.2) is 0 Å². The molecule has 0 aromatic rings. The summed E-state index contributed by atoms with van der Waals surface area (Å²) in [5, 5.41) is 12.6. The van der Waals surface area contributed by atoms with Crippen LogP contribution < -0.4 is 11.1 Å². The Morgan fingerprint density at radius 1 is 1.47 bits per heavy atom. The Morgan fingerprint density at radius 3 is 2.59 bits per heavy atom. The van der Waals surface area contributed by atoms with Gasteiger partial charge in [0.05, 0.1) is 17.7 Å². The van der Waals surface area contributed by atoms with Gasteiger partial charge in [0.2, 0.25) is 5.91 Å². The second-order valence-corrected chi connectivity index (χ2v) is 5.10. The van der Waals surface area contributed by atoms with Crippen LogP contribution in [0.5, 0.6) is 0 Å². The highest BCUT2D eigenvalue weighted by Crippen LogP contribution is 2.19. The van der Waals surface area contributed by atoms with E-state index in [-0.39, 0.29) is 24.4 Å². The van der Waals surface area contributed by atoms with E-state index in [9.17, 15) is 9.90 Å². The number of nitrogens with two attached hydrogens (primary N) is 1. The lowest BCUT2D eigenvalue weighted by atomic mass is 9.90. The quantitative estimate of drug-likeness (QED) is 0.717. The summed E-state index contributed by atoms with van der Waals surface area (Å²) in [5.74, 6) is -0.139. The van der Waals surface area contributed by atoms with Crippen LogP contribution in [-0.4, -0.2) is 28.7 Å². The molecule has 1 aliphatic rings. The number of nitrogens with one attached hydrogen (secondary N) is 1. The van der Waals surface area contributed by atoms with Crippen LogP contribution in [-0.2, 0) is 4.79 Å². The summed E-state index contributed by atoms with van der Waals surface area (Å²) < 4.78 is 0. The highest BCUT2D eigenvalue weighted by atomic mass is 35.5. The number of hydrogen-bond acceptors (Lipinski definition) is 3. The van der Waals surface area contributed by atoms with Gasteiger partial charge in [0, 0.05) is 0 Å². The largest absolute Gasteiger partial charge is 0.391 e. The first-order chi connectivity index (χ1) is 7.47. The van der Waals surface area contributed by atoms with Crippen LogP contribution in [0.25, 0.3) is 0 Å². The molecule has 4 N–H and O–H groups in total. The summed E-state index contributed by atoms with van der Waals surface area (Å²) in [7, 11) is 0. The maximum Gasteiger partial charge on any atom is 0.240 e. The number of carbonyl (C=O) groups excluding carboxylic acids is 1. The van der Waals surface area contributed by atoms with Crippen molar-refractivity contribution in [1.29, 1.82) is 0 Å². The Bertz CT molecular complexity index is 247. The topological polar surface area (TPSA) is 75.4 Å². The number of aliphatic hydroxyl groups excluding tert-OH is 1. The van der Waals surface area contributed by atoms with Crippen LogP contribution in [0.4, 0.5) is 0 Å². The minimum absolute atomic E-state index is 0. The number of carbonyl (C=O) groups is 1. The van der Waals surface area contributed by atoms with Crippen molar-refractivity contribution >= 4 is 18.3 Å². The van der Waals surface area contributed by atoms with Crippen molar-refractivity contribution in [2.24, 2.45) is 5.73 Å². The van der Waals surface area contributed by atoms with Crippen LogP contribution in [0.3, 0.4) is 0 Å². The van der Waals surface area contributed by atoms with Gasteiger partial charge in [-0.3, -0.25) is 4.79 Å². The SMILES string of the molecule is CCCC(C)(N)C(=O)N[C@H]1CCCC[C@@H]1O.Cl. The third-order valence-electron chi connectivity index (χ3n) is 3.33. The van der Waals surface area contributed by atoms with Crippen LogP contribution >= 0.6 is 12.4 Å². The third-order valence-corrected chi connectivity index (χ3v) is 3.33. The van der Waals surface area contributed by atoms with Crippen molar-refractivity contribution in [1.82, 2.24) is 5.32 Å². The zero-order chi connectivity index (χ0) is 12.2. The molecule has 17 heavy (non-hydrogen) atoms. The van der Waals surface area contributed by atoms with Gasteiger partial charge < -0.3 is 16.2 Å². The molecule has 4 nitrogen and oxygen atoms in total. The van der Waals surface area contributed by atoms with Crippen molar-refractivity contribution in [2.45, 2.75) is 70.1 Å². The predicted octanol–water partition coefficient (Wildman–Crippen LogP) is 1.35. The minimum Gasteiger partial charge on any atom is -0.391 e. The van der Waals surface area contributed by atoms with Gasteiger partial charge in [0.25, 0.3) is 0 Å². The van der Waals surface area contributed by atoms with E-state index in [1.165, 1.54) is 0 Å². The van der Waals surface area contributed by atoms with Crippen molar-refractivity contribution in [2.75, 3.05) is 0 Å². The Balaban J connectivity index is 0.00000256. The smallest absolute Gasteiger partial charge is 0.240 e. The first-order valence-corrected chi connectivity index (χ1v) is 6.25. The third kappa shape index (κ3) is 4.82. The van der Waals surface area contributed by atoms with Gasteiger partial charge in [0.1, 0.15) is 0 Å². The Kier molecular flexibility index (Phi) is 7.05. The average molecular weight is 265 g/mol. The summed E-state index contributed by atoms with van der Waals surface area (Å²) in [6.45, 7) is 3.76. The van der Waals surface area contributed by atoms with Gasteiger partial charge in [0.15, 0.2) is 0 Å². The van der Waals surface area contributed by atoms with Crippen LogP contribution in [0.2, 0.25) is 0 Å². The lowest BCUT2D eigenvalue weighted by Gasteiger charge is -2.32. The van der Waals surface area contributed by atoms with Crippen molar-refractivity contribution in [3.05, 3.63) is 0 Å². The van der Waals surface area contributed by atoms with E-state index >= 15 is 0 Å². The second kappa shape index (κ2) is 7.19. The molecule has 1 rings (SSSR count). The van der Waals surface area contributed by atoms with E-state index in [0.29, 0.717) is 6.42 Å². The molecule has 5 heteroatoms. The molecule has 1 amide bonds. The molecule has 0 bridgehead atoms. The van der Waals surface area contributed by atoms with Crippen LogP contribution in [0.1, 0.15) is 52.4 Å². The van der Waals surface area contributed by atoms with E-state index in [1.54, 1.807) is 6.92 Å². The lowest BCUT2D eigenvalue weighted by Crippen LogP contribution is -2.56. The fourth-order valence-corrected chi connectivity index (χ4v) is 2.25. The summed E-state index contributed by atoms with van der Waals surface area (Å²) in [5.41, 5.74) is 5.13. The molecule has 3 atom stereocenters. The number of amides is 1. The Labute approximate surface area is 110 Å². The molecule has 1 unspecified atom stereocenters. The fourth-order valence-electron chi connectivity index (χ4n) is 2.25. The number of aliphatic hydroxyl groups is 1. The van der Waals surface area contributed by atoms with Gasteiger partial charge in [-0.15, -0.1) is 12.4 Å². The van der Waals surface area contributed by atoms with E-state index in [0.717, 1.165) is 32.1 Å². The van der Waals surface area contributed by atoms with Gasteiger partial charge in [-0.05, 0) is 26.2 Å². The summed E-state index contributed by atoms with van der Waals surface area (Å²) in [6, 6.07) is -0.110. The standard InChI is InChI=1S/C12H24N2O2.ClH/c1-3-8-12(2,13)11(16)14-9-6-4-5-7-10(9)15;/h9-10,15H,3-8,13H2,1-2H3,(H,14,16);1H/t9-,10-,12?;/m0./s1. The number of rotatable bonds is 4. The number of halogens is 1. The van der Waals surface area contributed by atoms with Gasteiger partial charge in [-0.25, -0.2) is 0 Å². The molecule has 1 fully saturated rings. The molecule has 0 radical (unpaired) electrons. The Morgan fingerprint density at radius 2 is 2.06 bits per heavy atom. The zero-order valence-electron chi connectivity index (χ0n) is 10.7. The molecule has 102 valence electrons. The normalized spacial score (nSPS) is 27.8. The molecule has 0 aromatic carbocycles. The average Bonchev–Trinajstić information content (AvgIpc) is 2.21. The molecule has 0 aromatic heterocycles. The van der Waals surface area contributed by atoms with Crippen molar-refractivity contribution in [3.63, 3.8) is 0 Å². The lowest BCUT2D eigenvalue weighted by molar-refractivity contribution is -0.128. The monoisotopic (exact) mass is 264 g/mol. The molecule has 1 saturated carbocycles. The van der Waals surface area contributed by atoms with Gasteiger partial charge in [-0.2, -0.15) is 0 Å². The maximum atomic E-state index is 11.9. The van der Waals surface area contributed by atoms with Crippen molar-refractivity contribution < 1.29 is 9.90 Å². The zero-order valence-corrected chi connectivity index (χ0v) is 11.6. The molecule has 1 aliphatic carbocycles. The highest BCUT2D eigenvalue weighted by molar-refractivity contribution is 5.86. The van der Waals surface area contributed by atoms with Gasteiger partial charge >= 0.3 is 0 Å². The van der Waals surface area contributed by atoms with Crippen LogP contribution in [0, 0.1) is 0 Å². The summed E-state index contributed by atoms with van der Waals surface area (Å²) in [4.78, 5) is 11.9. The minimum atomic E-state index is -0.814. The van der Waals surface area contributed by atoms with E-state index < -0.39 is 11.6 Å². The molecular formula is C12H25ClN2O2. The summed E-state index contributed by atoms with van der Waals surface area (Å²) in [6.07, 6.45) is 4.89. The predicted molar refractivity (Wildman–Crippen MR) is 71.2 cm³/mol. The first kappa shape index (κ1) is 16.7. The molecule has 0 saturated heterocycles. The summed E-state index contributed by atoms with van der Waals surface area (Å²) >= 11 is 0. The first-order valence-electron chi connectivity index (χ1n) is 6.25. The highest BCUT2D eigenvalue weighted by Gasteiger charge is 2.31. The van der Waals surface area contributed by atoms with E-state index in [1.807, 2.05) is 6.92 Å². The van der Waals surface area contributed by atoms with Crippen molar-refractivity contribution in [3.8, 4) is 0 Å². The maximum absolute atomic E-state index is 11.9. The molecule has 0 heterocycles. The van der Waals surface area contributed by atoms with E-state index in [2.05, 4.69) is 5.32 Å².